The molecule has 130 valence electrons. The third-order valence-electron chi connectivity index (χ3n) is 5.08. The van der Waals surface area contributed by atoms with E-state index in [2.05, 4.69) is 38.4 Å². The van der Waals surface area contributed by atoms with Crippen molar-refractivity contribution < 1.29 is 4.79 Å². The fraction of sp³-hybridized carbons (Fsp3) is 0.421. The van der Waals surface area contributed by atoms with E-state index in [0.717, 1.165) is 37.6 Å². The van der Waals surface area contributed by atoms with Gasteiger partial charge >= 0.3 is 6.03 Å². The maximum absolute atomic E-state index is 12.6. The molecule has 1 aliphatic carbocycles. The molecule has 0 radical (unpaired) electrons. The van der Waals surface area contributed by atoms with Crippen molar-refractivity contribution in [2.75, 3.05) is 31.1 Å². The number of anilines is 1. The number of carbonyl (C=O) groups is 1. The number of urea groups is 1. The molecule has 2 heterocycles. The first kappa shape index (κ1) is 15.9. The first-order valence-corrected chi connectivity index (χ1v) is 8.88. The second-order valence-corrected chi connectivity index (χ2v) is 6.68. The number of nitrogens with zero attached hydrogens (tertiary/aromatic N) is 4. The molecular weight excluding hydrogens is 314 g/mol. The van der Waals surface area contributed by atoms with Gasteiger partial charge in [-0.1, -0.05) is 24.3 Å². The number of benzene rings is 1. The van der Waals surface area contributed by atoms with E-state index >= 15 is 0 Å². The zero-order valence-corrected chi connectivity index (χ0v) is 14.5. The van der Waals surface area contributed by atoms with Crippen molar-refractivity contribution >= 4 is 11.8 Å². The highest BCUT2D eigenvalue weighted by Crippen LogP contribution is 2.30. The summed E-state index contributed by atoms with van der Waals surface area (Å²) in [5.74, 6) is 1.72. The number of aryl methyl sites for hydroxylation is 2. The van der Waals surface area contributed by atoms with Gasteiger partial charge in [0.1, 0.15) is 11.6 Å². The number of hydrogen-bond acceptors (Lipinski definition) is 4. The number of fused-ring (bicyclic) bond motifs is 1. The molecule has 2 amide bonds. The highest BCUT2D eigenvalue weighted by Gasteiger charge is 2.27. The van der Waals surface area contributed by atoms with Crippen LogP contribution >= 0.6 is 0 Å². The van der Waals surface area contributed by atoms with Crippen molar-refractivity contribution in [2.24, 2.45) is 0 Å². The molecule has 25 heavy (non-hydrogen) atoms. The summed E-state index contributed by atoms with van der Waals surface area (Å²) in [4.78, 5) is 25.4. The van der Waals surface area contributed by atoms with Gasteiger partial charge in [0, 0.05) is 32.4 Å². The molecule has 0 saturated carbocycles. The lowest BCUT2D eigenvalue weighted by Gasteiger charge is -2.36. The molecule has 4 rings (SSSR count). The molecule has 0 spiro atoms. The van der Waals surface area contributed by atoms with Gasteiger partial charge in [-0.3, -0.25) is 0 Å². The highest BCUT2D eigenvalue weighted by atomic mass is 16.2. The predicted octanol–water partition coefficient (Wildman–Crippen LogP) is 2.30. The van der Waals surface area contributed by atoms with Gasteiger partial charge in [0.2, 0.25) is 0 Å². The van der Waals surface area contributed by atoms with Crippen LogP contribution in [-0.4, -0.2) is 47.1 Å². The molecule has 6 heteroatoms. The minimum absolute atomic E-state index is 0.0419. The Kier molecular flexibility index (Phi) is 4.26. The average molecular weight is 337 g/mol. The Labute approximate surface area is 147 Å². The summed E-state index contributed by atoms with van der Waals surface area (Å²) in [7, 11) is 0. The first-order chi connectivity index (χ1) is 12.2. The third-order valence-corrected chi connectivity index (χ3v) is 5.08. The number of piperazine rings is 1. The van der Waals surface area contributed by atoms with Crippen LogP contribution < -0.4 is 10.2 Å². The number of nitrogens with one attached hydrogen (secondary N) is 1. The standard InChI is InChI=1S/C19H23N5O/c1-14-20-9-8-18(21-14)23-10-12-24(13-11-23)19(25)22-17-7-6-15-4-2-3-5-16(15)17/h2-5,8-9,17H,6-7,10-13H2,1H3,(H,22,25). The molecule has 1 aliphatic heterocycles. The van der Waals surface area contributed by atoms with Gasteiger partial charge in [-0.05, 0) is 37.0 Å². The molecule has 1 aromatic carbocycles. The van der Waals surface area contributed by atoms with Gasteiger partial charge in [-0.25, -0.2) is 14.8 Å². The van der Waals surface area contributed by atoms with Gasteiger partial charge in [0.05, 0.1) is 6.04 Å². The Balaban J connectivity index is 1.34. The topological polar surface area (TPSA) is 61.4 Å². The zero-order valence-electron chi connectivity index (χ0n) is 14.5. The minimum Gasteiger partial charge on any atom is -0.353 e. The van der Waals surface area contributed by atoms with E-state index in [1.807, 2.05) is 24.0 Å². The molecule has 6 nitrogen and oxygen atoms in total. The molecule has 1 atom stereocenters. The van der Waals surface area contributed by atoms with E-state index in [1.54, 1.807) is 6.20 Å². The van der Waals surface area contributed by atoms with Crippen molar-refractivity contribution in [3.63, 3.8) is 0 Å². The first-order valence-electron chi connectivity index (χ1n) is 8.88. The predicted molar refractivity (Wildman–Crippen MR) is 96.6 cm³/mol. The summed E-state index contributed by atoms with van der Waals surface area (Å²) in [6.07, 6.45) is 3.82. The van der Waals surface area contributed by atoms with Crippen LogP contribution in [0.3, 0.4) is 0 Å². The SMILES string of the molecule is Cc1nccc(N2CCN(C(=O)NC3CCc4ccccc43)CC2)n1. The van der Waals surface area contributed by atoms with Crippen LogP contribution in [0.15, 0.2) is 36.5 Å². The molecule has 1 N–H and O–H groups in total. The summed E-state index contributed by atoms with van der Waals surface area (Å²) in [5.41, 5.74) is 2.63. The van der Waals surface area contributed by atoms with Crippen LogP contribution in [0.25, 0.3) is 0 Å². The Morgan fingerprint density at radius 2 is 1.96 bits per heavy atom. The lowest BCUT2D eigenvalue weighted by molar-refractivity contribution is 0.190. The quantitative estimate of drug-likeness (QED) is 0.913. The van der Waals surface area contributed by atoms with Crippen LogP contribution in [-0.2, 0) is 6.42 Å². The van der Waals surface area contributed by atoms with Crippen LogP contribution in [0.5, 0.6) is 0 Å². The molecule has 1 fully saturated rings. The van der Waals surface area contributed by atoms with Gasteiger partial charge in [0.25, 0.3) is 0 Å². The molecule has 0 bridgehead atoms. The monoisotopic (exact) mass is 337 g/mol. The second kappa shape index (κ2) is 6.70. The van der Waals surface area contributed by atoms with Crippen molar-refractivity contribution in [2.45, 2.75) is 25.8 Å². The maximum Gasteiger partial charge on any atom is 0.318 e. The summed E-state index contributed by atoms with van der Waals surface area (Å²) in [6, 6.07) is 10.5. The van der Waals surface area contributed by atoms with Crippen molar-refractivity contribution in [1.82, 2.24) is 20.2 Å². The molecular formula is C19H23N5O. The van der Waals surface area contributed by atoms with Gasteiger partial charge in [-0.15, -0.1) is 0 Å². The minimum atomic E-state index is 0.0419. The zero-order chi connectivity index (χ0) is 17.2. The molecule has 2 aliphatic rings. The van der Waals surface area contributed by atoms with E-state index in [4.69, 9.17) is 0 Å². The lowest BCUT2D eigenvalue weighted by Crippen LogP contribution is -2.52. The van der Waals surface area contributed by atoms with Gasteiger partial charge in [0.15, 0.2) is 0 Å². The van der Waals surface area contributed by atoms with Crippen LogP contribution in [0.4, 0.5) is 10.6 Å². The molecule has 1 aromatic heterocycles. The number of amides is 2. The van der Waals surface area contributed by atoms with Crippen molar-refractivity contribution in [3.8, 4) is 0 Å². The average Bonchev–Trinajstić information content (AvgIpc) is 3.05. The van der Waals surface area contributed by atoms with Crippen LogP contribution in [0, 0.1) is 6.92 Å². The number of carbonyl (C=O) groups excluding carboxylic acids is 1. The van der Waals surface area contributed by atoms with E-state index in [9.17, 15) is 4.79 Å². The number of hydrogen-bond donors (Lipinski definition) is 1. The highest BCUT2D eigenvalue weighted by molar-refractivity contribution is 5.75. The Morgan fingerprint density at radius 1 is 1.16 bits per heavy atom. The van der Waals surface area contributed by atoms with Crippen molar-refractivity contribution in [3.05, 3.63) is 53.5 Å². The second-order valence-electron chi connectivity index (χ2n) is 6.68. The number of rotatable bonds is 2. The van der Waals surface area contributed by atoms with Gasteiger partial charge < -0.3 is 15.1 Å². The van der Waals surface area contributed by atoms with Crippen molar-refractivity contribution in [1.29, 1.82) is 0 Å². The fourth-order valence-corrected chi connectivity index (χ4v) is 3.71. The fourth-order valence-electron chi connectivity index (χ4n) is 3.71. The summed E-state index contributed by atoms with van der Waals surface area (Å²) in [6.45, 7) is 4.91. The lowest BCUT2D eigenvalue weighted by atomic mass is 10.1. The molecule has 1 unspecified atom stereocenters. The normalized spacial score (nSPS) is 19.6. The Morgan fingerprint density at radius 3 is 2.76 bits per heavy atom. The Bertz CT molecular complexity index is 770. The van der Waals surface area contributed by atoms with Crippen LogP contribution in [0.1, 0.15) is 29.4 Å². The van der Waals surface area contributed by atoms with E-state index in [0.29, 0.717) is 13.1 Å². The molecule has 2 aromatic rings. The summed E-state index contributed by atoms with van der Waals surface area (Å²) in [5, 5.41) is 3.21. The van der Waals surface area contributed by atoms with E-state index < -0.39 is 0 Å². The van der Waals surface area contributed by atoms with E-state index in [1.165, 1.54) is 11.1 Å². The summed E-state index contributed by atoms with van der Waals surface area (Å²) < 4.78 is 0. The van der Waals surface area contributed by atoms with Gasteiger partial charge in [-0.2, -0.15) is 0 Å². The largest absolute Gasteiger partial charge is 0.353 e. The number of aromatic nitrogens is 2. The maximum atomic E-state index is 12.6. The van der Waals surface area contributed by atoms with Crippen LogP contribution in [0.2, 0.25) is 0 Å². The third kappa shape index (κ3) is 3.29. The summed E-state index contributed by atoms with van der Waals surface area (Å²) >= 11 is 0. The van der Waals surface area contributed by atoms with E-state index in [-0.39, 0.29) is 12.1 Å². The Hall–Kier alpha value is -2.63. The molecule has 1 saturated heterocycles. The smallest absolute Gasteiger partial charge is 0.318 e.